The fourth-order valence-corrected chi connectivity index (χ4v) is 1.97. The Morgan fingerprint density at radius 2 is 2.24 bits per heavy atom. The highest BCUT2D eigenvalue weighted by Crippen LogP contribution is 2.51. The third-order valence-electron chi connectivity index (χ3n) is 3.45. The minimum atomic E-state index is -0.697. The molecule has 1 aliphatic carbocycles. The van der Waals surface area contributed by atoms with Gasteiger partial charge in [-0.25, -0.2) is 4.39 Å². The third kappa shape index (κ3) is 2.40. The molecule has 1 amide bonds. The van der Waals surface area contributed by atoms with Crippen LogP contribution in [0.25, 0.3) is 0 Å². The molecule has 4 heteroatoms. The van der Waals surface area contributed by atoms with E-state index < -0.39 is 11.7 Å². The molecule has 1 unspecified atom stereocenters. The summed E-state index contributed by atoms with van der Waals surface area (Å²) in [4.78, 5) is 11.7. The lowest BCUT2D eigenvalue weighted by molar-refractivity contribution is 0.0943. The van der Waals surface area contributed by atoms with Crippen LogP contribution < -0.4 is 5.32 Å². The Kier molecular flexibility index (Phi) is 2.81. The van der Waals surface area contributed by atoms with Crippen molar-refractivity contribution in [1.82, 2.24) is 5.32 Å². The minimum Gasteiger partial charge on any atom is -0.507 e. The van der Waals surface area contributed by atoms with Gasteiger partial charge >= 0.3 is 0 Å². The molecular weight excluding hydrogens is 221 g/mol. The Morgan fingerprint density at radius 3 is 2.76 bits per heavy atom. The van der Waals surface area contributed by atoms with Crippen LogP contribution in [-0.4, -0.2) is 17.6 Å². The molecule has 2 N–H and O–H groups in total. The lowest BCUT2D eigenvalue weighted by atomic mass is 10.1. The van der Waals surface area contributed by atoms with Crippen LogP contribution in [0.15, 0.2) is 18.2 Å². The number of benzene rings is 1. The van der Waals surface area contributed by atoms with Crippen LogP contribution in [0.2, 0.25) is 0 Å². The highest BCUT2D eigenvalue weighted by molar-refractivity contribution is 5.97. The minimum absolute atomic E-state index is 0.268. The highest BCUT2D eigenvalue weighted by atomic mass is 19.1. The Hall–Kier alpha value is -1.58. The number of carbonyl (C=O) groups excluding carboxylic acids is 1. The van der Waals surface area contributed by atoms with Gasteiger partial charge in [0.2, 0.25) is 0 Å². The van der Waals surface area contributed by atoms with E-state index >= 15 is 0 Å². The predicted octanol–water partition coefficient (Wildman–Crippen LogP) is 2.31. The van der Waals surface area contributed by atoms with Gasteiger partial charge in [-0.3, -0.25) is 4.79 Å². The molecule has 1 aromatic rings. The van der Waals surface area contributed by atoms with Crippen molar-refractivity contribution in [2.24, 2.45) is 11.3 Å². The number of aromatic hydroxyl groups is 1. The van der Waals surface area contributed by atoms with Crippen LogP contribution in [-0.2, 0) is 0 Å². The van der Waals surface area contributed by atoms with Crippen molar-refractivity contribution in [3.8, 4) is 5.75 Å². The van der Waals surface area contributed by atoms with Crippen molar-refractivity contribution in [2.45, 2.75) is 20.3 Å². The lowest BCUT2D eigenvalue weighted by Crippen LogP contribution is -2.27. The number of rotatable bonds is 3. The molecular formula is C13H16FNO2. The summed E-state index contributed by atoms with van der Waals surface area (Å²) in [6, 6.07) is 3.83. The normalized spacial score (nSPS) is 21.0. The maximum Gasteiger partial charge on any atom is 0.258 e. The van der Waals surface area contributed by atoms with Crippen LogP contribution in [0.3, 0.4) is 0 Å². The van der Waals surface area contributed by atoms with Crippen LogP contribution in [0, 0.1) is 17.2 Å². The average Bonchev–Trinajstić information content (AvgIpc) is 2.83. The number of carbonyl (C=O) groups is 1. The number of hydrogen-bond acceptors (Lipinski definition) is 2. The molecule has 2 rings (SSSR count). The molecule has 92 valence electrons. The van der Waals surface area contributed by atoms with Crippen LogP contribution >= 0.6 is 0 Å². The Bertz CT molecular complexity index is 436. The number of amides is 1. The van der Waals surface area contributed by atoms with E-state index in [1.54, 1.807) is 0 Å². The first-order valence-electron chi connectivity index (χ1n) is 5.67. The zero-order chi connectivity index (χ0) is 12.6. The lowest BCUT2D eigenvalue weighted by Gasteiger charge is -2.08. The summed E-state index contributed by atoms with van der Waals surface area (Å²) < 4.78 is 13.4. The molecule has 0 bridgehead atoms. The topological polar surface area (TPSA) is 49.3 Å². The summed E-state index contributed by atoms with van der Waals surface area (Å²) in [5.41, 5.74) is -0.00385. The first kappa shape index (κ1) is 11.9. The zero-order valence-electron chi connectivity index (χ0n) is 9.96. The number of nitrogens with one attached hydrogen (secondary N) is 1. The van der Waals surface area contributed by atoms with Gasteiger partial charge in [-0.05, 0) is 29.9 Å². The van der Waals surface area contributed by atoms with E-state index in [9.17, 15) is 14.3 Å². The van der Waals surface area contributed by atoms with Gasteiger partial charge < -0.3 is 10.4 Å². The van der Waals surface area contributed by atoms with Gasteiger partial charge in [0, 0.05) is 6.54 Å². The van der Waals surface area contributed by atoms with Crippen LogP contribution in [0.5, 0.6) is 5.75 Å². The van der Waals surface area contributed by atoms with E-state index in [4.69, 9.17) is 0 Å². The SMILES string of the molecule is CC1(C)CC1CNC(=O)c1c(O)cccc1F. The highest BCUT2D eigenvalue weighted by Gasteiger charge is 2.45. The standard InChI is InChI=1S/C13H16FNO2/c1-13(2)6-8(13)7-15-12(17)11-9(14)4-3-5-10(11)16/h3-5,8,16H,6-7H2,1-2H3,(H,15,17). The van der Waals surface area contributed by atoms with Gasteiger partial charge in [0.25, 0.3) is 5.91 Å². The molecule has 0 aromatic heterocycles. The summed E-state index contributed by atoms with van der Waals surface area (Å²) in [7, 11) is 0. The zero-order valence-corrected chi connectivity index (χ0v) is 9.96. The molecule has 1 fully saturated rings. The average molecular weight is 237 g/mol. The molecule has 1 aliphatic rings. The second-order valence-corrected chi connectivity index (χ2v) is 5.23. The monoisotopic (exact) mass is 237 g/mol. The quantitative estimate of drug-likeness (QED) is 0.847. The van der Waals surface area contributed by atoms with Gasteiger partial charge in [0.1, 0.15) is 17.1 Å². The molecule has 0 aliphatic heterocycles. The molecule has 1 saturated carbocycles. The molecule has 3 nitrogen and oxygen atoms in total. The number of phenolic OH excluding ortho intramolecular Hbond substituents is 1. The van der Waals surface area contributed by atoms with E-state index in [0.29, 0.717) is 12.5 Å². The largest absolute Gasteiger partial charge is 0.507 e. The van der Waals surface area contributed by atoms with Crippen LogP contribution in [0.4, 0.5) is 4.39 Å². The van der Waals surface area contributed by atoms with Crippen molar-refractivity contribution in [2.75, 3.05) is 6.54 Å². The molecule has 0 radical (unpaired) electrons. The Balaban J connectivity index is 2.01. The summed E-state index contributed by atoms with van der Waals surface area (Å²) in [5.74, 6) is -1.13. The van der Waals surface area contributed by atoms with E-state index in [-0.39, 0.29) is 16.7 Å². The van der Waals surface area contributed by atoms with Gasteiger partial charge in [-0.1, -0.05) is 19.9 Å². The summed E-state index contributed by atoms with van der Waals surface area (Å²) in [5, 5.41) is 12.1. The van der Waals surface area contributed by atoms with E-state index in [1.165, 1.54) is 12.1 Å². The molecule has 1 atom stereocenters. The van der Waals surface area contributed by atoms with Crippen molar-refractivity contribution >= 4 is 5.91 Å². The molecule has 0 heterocycles. The maximum atomic E-state index is 13.4. The second kappa shape index (κ2) is 4.02. The molecule has 1 aromatic carbocycles. The number of halogens is 1. The fourth-order valence-electron chi connectivity index (χ4n) is 1.97. The summed E-state index contributed by atoms with van der Waals surface area (Å²) in [6.07, 6.45) is 1.07. The van der Waals surface area contributed by atoms with Gasteiger partial charge in [-0.2, -0.15) is 0 Å². The number of phenols is 1. The third-order valence-corrected chi connectivity index (χ3v) is 3.45. The van der Waals surface area contributed by atoms with E-state index in [2.05, 4.69) is 19.2 Å². The summed E-state index contributed by atoms with van der Waals surface area (Å²) in [6.45, 7) is 4.79. The maximum absolute atomic E-state index is 13.4. The van der Waals surface area contributed by atoms with Crippen LogP contribution in [0.1, 0.15) is 30.6 Å². The van der Waals surface area contributed by atoms with Crippen molar-refractivity contribution in [1.29, 1.82) is 0 Å². The summed E-state index contributed by atoms with van der Waals surface area (Å²) >= 11 is 0. The first-order chi connectivity index (χ1) is 7.92. The van der Waals surface area contributed by atoms with E-state index in [0.717, 1.165) is 12.5 Å². The molecule has 17 heavy (non-hydrogen) atoms. The van der Waals surface area contributed by atoms with Gasteiger partial charge in [0.05, 0.1) is 0 Å². The molecule has 0 saturated heterocycles. The predicted molar refractivity (Wildman–Crippen MR) is 62.3 cm³/mol. The Morgan fingerprint density at radius 1 is 1.59 bits per heavy atom. The number of hydrogen-bond donors (Lipinski definition) is 2. The van der Waals surface area contributed by atoms with Crippen molar-refractivity contribution in [3.05, 3.63) is 29.6 Å². The van der Waals surface area contributed by atoms with Gasteiger partial charge in [-0.15, -0.1) is 0 Å². The Labute approximate surface area is 99.7 Å². The second-order valence-electron chi connectivity index (χ2n) is 5.23. The van der Waals surface area contributed by atoms with Crippen molar-refractivity contribution < 1.29 is 14.3 Å². The van der Waals surface area contributed by atoms with Gasteiger partial charge in [0.15, 0.2) is 0 Å². The fraction of sp³-hybridized carbons (Fsp3) is 0.462. The van der Waals surface area contributed by atoms with Crippen molar-refractivity contribution in [3.63, 3.8) is 0 Å². The molecule has 0 spiro atoms. The smallest absolute Gasteiger partial charge is 0.258 e. The van der Waals surface area contributed by atoms with E-state index in [1.807, 2.05) is 0 Å². The first-order valence-corrected chi connectivity index (χ1v) is 5.67.